The van der Waals surface area contributed by atoms with Gasteiger partial charge in [-0.2, -0.15) is 0 Å². The first-order valence-corrected chi connectivity index (χ1v) is 5.47. The van der Waals surface area contributed by atoms with Crippen LogP contribution in [0.4, 0.5) is 5.82 Å². The third-order valence-electron chi connectivity index (χ3n) is 2.59. The van der Waals surface area contributed by atoms with Gasteiger partial charge in [-0.15, -0.1) is 10.2 Å². The Balaban J connectivity index is 2.27. The number of aromatic nitrogens is 3. The highest BCUT2D eigenvalue weighted by Crippen LogP contribution is 2.15. The van der Waals surface area contributed by atoms with Crippen LogP contribution >= 0.6 is 0 Å². The standard InChI is InChI=1S/C10H17N5/c1-3-9-10(12-8(2)13-14-9)15-6-4-11-5-7-15/h11H,3-7H2,1-2H3. The summed E-state index contributed by atoms with van der Waals surface area (Å²) >= 11 is 0. The fourth-order valence-electron chi connectivity index (χ4n) is 1.78. The maximum absolute atomic E-state index is 4.49. The number of rotatable bonds is 2. The van der Waals surface area contributed by atoms with E-state index in [1.165, 1.54) is 0 Å². The second-order valence-electron chi connectivity index (χ2n) is 3.72. The molecule has 0 bridgehead atoms. The molecule has 1 aromatic heterocycles. The van der Waals surface area contributed by atoms with Gasteiger partial charge in [0.05, 0.1) is 0 Å². The second kappa shape index (κ2) is 4.53. The maximum atomic E-state index is 4.49. The van der Waals surface area contributed by atoms with Crippen molar-refractivity contribution >= 4 is 5.82 Å². The number of hydrogen-bond acceptors (Lipinski definition) is 5. The summed E-state index contributed by atoms with van der Waals surface area (Å²) in [5, 5.41) is 11.5. The quantitative estimate of drug-likeness (QED) is 0.748. The van der Waals surface area contributed by atoms with Crippen LogP contribution in [-0.2, 0) is 6.42 Å². The van der Waals surface area contributed by atoms with E-state index in [-0.39, 0.29) is 0 Å². The van der Waals surface area contributed by atoms with Gasteiger partial charge < -0.3 is 10.2 Å². The Morgan fingerprint density at radius 3 is 2.67 bits per heavy atom. The van der Waals surface area contributed by atoms with Gasteiger partial charge in [-0.05, 0) is 13.3 Å². The Labute approximate surface area is 89.9 Å². The van der Waals surface area contributed by atoms with E-state index >= 15 is 0 Å². The van der Waals surface area contributed by atoms with Crippen LogP contribution in [0.1, 0.15) is 18.4 Å². The van der Waals surface area contributed by atoms with Gasteiger partial charge in [0.15, 0.2) is 5.82 Å². The molecule has 5 nitrogen and oxygen atoms in total. The number of hydrogen-bond donors (Lipinski definition) is 1. The van der Waals surface area contributed by atoms with Crippen LogP contribution < -0.4 is 10.2 Å². The number of aryl methyl sites for hydroxylation is 2. The smallest absolute Gasteiger partial charge is 0.154 e. The molecule has 1 saturated heterocycles. The topological polar surface area (TPSA) is 53.9 Å². The van der Waals surface area contributed by atoms with Gasteiger partial charge in [-0.1, -0.05) is 6.92 Å². The highest BCUT2D eigenvalue weighted by atomic mass is 15.3. The Morgan fingerprint density at radius 2 is 2.00 bits per heavy atom. The van der Waals surface area contributed by atoms with Crippen LogP contribution in [0.2, 0.25) is 0 Å². The predicted molar refractivity (Wildman–Crippen MR) is 59.0 cm³/mol. The van der Waals surface area contributed by atoms with Crippen molar-refractivity contribution in [2.45, 2.75) is 20.3 Å². The average Bonchev–Trinajstić information content (AvgIpc) is 2.30. The number of nitrogens with zero attached hydrogens (tertiary/aromatic N) is 4. The molecule has 1 aliphatic rings. The van der Waals surface area contributed by atoms with Crippen molar-refractivity contribution in [1.29, 1.82) is 0 Å². The molecule has 0 aromatic carbocycles. The maximum Gasteiger partial charge on any atom is 0.154 e. The molecule has 5 heteroatoms. The Kier molecular flexibility index (Phi) is 3.11. The molecular weight excluding hydrogens is 190 g/mol. The van der Waals surface area contributed by atoms with Gasteiger partial charge in [-0.25, -0.2) is 4.98 Å². The van der Waals surface area contributed by atoms with Crippen LogP contribution in [0.3, 0.4) is 0 Å². The zero-order chi connectivity index (χ0) is 10.7. The van der Waals surface area contributed by atoms with Gasteiger partial charge in [0.1, 0.15) is 11.5 Å². The molecule has 0 aliphatic carbocycles. The lowest BCUT2D eigenvalue weighted by atomic mass is 10.3. The summed E-state index contributed by atoms with van der Waals surface area (Å²) in [5.41, 5.74) is 1.00. The van der Waals surface area contributed by atoms with Crippen molar-refractivity contribution in [1.82, 2.24) is 20.5 Å². The third-order valence-corrected chi connectivity index (χ3v) is 2.59. The molecule has 1 fully saturated rings. The van der Waals surface area contributed by atoms with Crippen LogP contribution in [0.5, 0.6) is 0 Å². The minimum absolute atomic E-state index is 0.751. The SMILES string of the molecule is CCc1nnc(C)nc1N1CCNCC1. The number of anilines is 1. The summed E-state index contributed by atoms with van der Waals surface area (Å²) < 4.78 is 0. The molecule has 0 spiro atoms. The van der Waals surface area contributed by atoms with Gasteiger partial charge in [0.25, 0.3) is 0 Å². The lowest BCUT2D eigenvalue weighted by Crippen LogP contribution is -2.44. The molecule has 82 valence electrons. The summed E-state index contributed by atoms with van der Waals surface area (Å²) in [5.74, 6) is 1.77. The monoisotopic (exact) mass is 207 g/mol. The van der Waals surface area contributed by atoms with Gasteiger partial charge in [-0.3, -0.25) is 0 Å². The highest BCUT2D eigenvalue weighted by molar-refractivity contribution is 5.43. The summed E-state index contributed by atoms with van der Waals surface area (Å²) in [6.07, 6.45) is 0.888. The third kappa shape index (κ3) is 2.23. The number of piperazine rings is 1. The van der Waals surface area contributed by atoms with E-state index in [0.29, 0.717) is 0 Å². The molecule has 0 atom stereocenters. The zero-order valence-corrected chi connectivity index (χ0v) is 9.32. The van der Waals surface area contributed by atoms with E-state index in [4.69, 9.17) is 0 Å². The van der Waals surface area contributed by atoms with Crippen molar-refractivity contribution in [2.75, 3.05) is 31.1 Å². The second-order valence-corrected chi connectivity index (χ2v) is 3.72. The molecule has 0 saturated carbocycles. The van der Waals surface area contributed by atoms with Crippen molar-refractivity contribution in [3.8, 4) is 0 Å². The summed E-state index contributed by atoms with van der Waals surface area (Å²) in [7, 11) is 0. The van der Waals surface area contributed by atoms with E-state index in [1.807, 2.05) is 6.92 Å². The van der Waals surface area contributed by atoms with E-state index in [1.54, 1.807) is 0 Å². The van der Waals surface area contributed by atoms with Gasteiger partial charge >= 0.3 is 0 Å². The highest BCUT2D eigenvalue weighted by Gasteiger charge is 2.16. The first-order chi connectivity index (χ1) is 7.31. The molecule has 1 aromatic rings. The van der Waals surface area contributed by atoms with E-state index < -0.39 is 0 Å². The van der Waals surface area contributed by atoms with Crippen molar-refractivity contribution in [2.24, 2.45) is 0 Å². The Morgan fingerprint density at radius 1 is 1.27 bits per heavy atom. The summed E-state index contributed by atoms with van der Waals surface area (Å²) in [6.45, 7) is 8.03. The molecule has 2 heterocycles. The van der Waals surface area contributed by atoms with Crippen molar-refractivity contribution in [3.63, 3.8) is 0 Å². The van der Waals surface area contributed by atoms with Crippen LogP contribution in [0, 0.1) is 6.92 Å². The lowest BCUT2D eigenvalue weighted by molar-refractivity contribution is 0.579. The molecule has 0 radical (unpaired) electrons. The van der Waals surface area contributed by atoms with E-state index in [2.05, 4.69) is 32.3 Å². The van der Waals surface area contributed by atoms with Gasteiger partial charge in [0.2, 0.25) is 0 Å². The van der Waals surface area contributed by atoms with Crippen LogP contribution in [0.25, 0.3) is 0 Å². The van der Waals surface area contributed by atoms with Gasteiger partial charge in [0, 0.05) is 26.2 Å². The number of nitrogens with one attached hydrogen (secondary N) is 1. The molecule has 1 aliphatic heterocycles. The molecule has 1 N–H and O–H groups in total. The lowest BCUT2D eigenvalue weighted by Gasteiger charge is -2.29. The fraction of sp³-hybridized carbons (Fsp3) is 0.700. The fourth-order valence-corrected chi connectivity index (χ4v) is 1.78. The average molecular weight is 207 g/mol. The molecule has 0 amide bonds. The minimum atomic E-state index is 0.751. The minimum Gasteiger partial charge on any atom is -0.352 e. The summed E-state index contributed by atoms with van der Waals surface area (Å²) in [4.78, 5) is 6.78. The first-order valence-electron chi connectivity index (χ1n) is 5.47. The molecule has 0 unspecified atom stereocenters. The first kappa shape index (κ1) is 10.3. The molecule has 2 rings (SSSR count). The van der Waals surface area contributed by atoms with Crippen LogP contribution in [-0.4, -0.2) is 41.4 Å². The molecule has 15 heavy (non-hydrogen) atoms. The predicted octanol–water partition coefficient (Wildman–Crippen LogP) is 0.152. The van der Waals surface area contributed by atoms with E-state index in [9.17, 15) is 0 Å². The molecular formula is C10H17N5. The Bertz CT molecular complexity index is 333. The van der Waals surface area contributed by atoms with Crippen molar-refractivity contribution in [3.05, 3.63) is 11.5 Å². The summed E-state index contributed by atoms with van der Waals surface area (Å²) in [6, 6.07) is 0. The largest absolute Gasteiger partial charge is 0.352 e. The Hall–Kier alpha value is -1.23. The van der Waals surface area contributed by atoms with Crippen LogP contribution in [0.15, 0.2) is 0 Å². The van der Waals surface area contributed by atoms with E-state index in [0.717, 1.165) is 49.9 Å². The van der Waals surface area contributed by atoms with Crippen molar-refractivity contribution < 1.29 is 0 Å². The normalized spacial score (nSPS) is 16.8. The zero-order valence-electron chi connectivity index (χ0n) is 9.32.